The highest BCUT2D eigenvalue weighted by Gasteiger charge is 2.52. The van der Waals surface area contributed by atoms with E-state index in [2.05, 4.69) is 0 Å². The van der Waals surface area contributed by atoms with Gasteiger partial charge in [0, 0.05) is 11.3 Å². The zero-order chi connectivity index (χ0) is 29.2. The SMILES string of the molecule is CC12c3c4cccc3C3c5cccc(c51)CS(=O)(=O)Cc1cc(cc(c1)CS(=O)(=O)Cc1cccc3c12)CS(=O)(=O)C4. The second-order valence-corrected chi connectivity index (χ2v) is 18.7. The average molecular weight is 617 g/mol. The molecule has 9 heteroatoms. The van der Waals surface area contributed by atoms with Gasteiger partial charge in [0.05, 0.1) is 34.5 Å². The smallest absolute Gasteiger partial charge is 0.158 e. The van der Waals surface area contributed by atoms with E-state index in [1.807, 2.05) is 61.5 Å². The molecule has 0 aromatic heterocycles. The van der Waals surface area contributed by atoms with Gasteiger partial charge in [-0.25, -0.2) is 25.3 Å². The van der Waals surface area contributed by atoms with Crippen LogP contribution in [-0.4, -0.2) is 25.3 Å². The summed E-state index contributed by atoms with van der Waals surface area (Å²) < 4.78 is 83.0. The average Bonchev–Trinajstić information content (AvgIpc) is 2.86. The molecule has 0 radical (unpaired) electrons. The van der Waals surface area contributed by atoms with Crippen LogP contribution in [0.1, 0.15) is 79.6 Å². The molecule has 3 aliphatic carbocycles. The third-order valence-electron chi connectivity index (χ3n) is 9.38. The molecule has 3 heterocycles. The first-order chi connectivity index (χ1) is 19.8. The lowest BCUT2D eigenvalue weighted by molar-refractivity contribution is 0.569. The quantitative estimate of drug-likeness (QED) is 0.281. The van der Waals surface area contributed by atoms with Gasteiger partial charge in [0.2, 0.25) is 0 Å². The fourth-order valence-corrected chi connectivity index (χ4v) is 12.8. The third-order valence-corrected chi connectivity index (χ3v) is 14.0. The monoisotopic (exact) mass is 616 g/mol. The lowest BCUT2D eigenvalue weighted by atomic mass is 9.51. The van der Waals surface area contributed by atoms with Crippen molar-refractivity contribution in [2.45, 2.75) is 52.8 Å². The van der Waals surface area contributed by atoms with Crippen molar-refractivity contribution < 1.29 is 25.3 Å². The molecule has 0 N–H and O–H groups in total. The molecule has 0 atom stereocenters. The molecular formula is C33H28O6S3. The highest BCUT2D eigenvalue weighted by Crippen LogP contribution is 2.61. The van der Waals surface area contributed by atoms with Crippen LogP contribution in [-0.2, 0) is 69.4 Å². The summed E-state index contributed by atoms with van der Waals surface area (Å²) in [7, 11) is -11.1. The van der Waals surface area contributed by atoms with Crippen molar-refractivity contribution in [3.8, 4) is 0 Å². The number of hydrogen-bond donors (Lipinski definition) is 0. The molecular weight excluding hydrogens is 589 g/mol. The molecule has 6 nitrogen and oxygen atoms in total. The van der Waals surface area contributed by atoms with Gasteiger partial charge in [-0.05, 0) is 73.7 Å². The number of hydrogen-bond acceptors (Lipinski definition) is 6. The van der Waals surface area contributed by atoms with Crippen molar-refractivity contribution in [3.63, 3.8) is 0 Å². The first kappa shape index (κ1) is 26.4. The van der Waals surface area contributed by atoms with E-state index in [-0.39, 0.29) is 40.4 Å². The first-order valence-electron chi connectivity index (χ1n) is 13.9. The van der Waals surface area contributed by atoms with Crippen molar-refractivity contribution in [1.82, 2.24) is 0 Å². The summed E-state index contributed by atoms with van der Waals surface area (Å²) in [6.07, 6.45) is 0. The van der Waals surface area contributed by atoms with Crippen LogP contribution < -0.4 is 0 Å². The predicted molar refractivity (Wildman–Crippen MR) is 161 cm³/mol. The normalized spacial score (nSPS) is 25.2. The van der Waals surface area contributed by atoms with Gasteiger partial charge in [0.25, 0.3) is 0 Å². The van der Waals surface area contributed by atoms with Crippen molar-refractivity contribution in [3.05, 3.63) is 140 Å². The van der Waals surface area contributed by atoms with E-state index in [9.17, 15) is 25.3 Å². The van der Waals surface area contributed by atoms with Gasteiger partial charge in [-0.2, -0.15) is 0 Å². The van der Waals surface area contributed by atoms with Crippen LogP contribution in [0.25, 0.3) is 0 Å². The standard InChI is InChI=1S/C33H28O6S3/c1-33-30-23-5-2-8-26(30)29-27-9-3-6-24(31(27)33)18-41(36,37)15-21-11-20(14-40(34,35)17-23)12-22(13-21)16-42(38,39)19-25-7-4-10-28(29)32(25)33/h2-13,29H,14-19H2,1H3. The molecule has 0 fully saturated rings. The van der Waals surface area contributed by atoms with Crippen LogP contribution in [0, 0.1) is 0 Å². The van der Waals surface area contributed by atoms with E-state index < -0.39 is 34.9 Å². The molecule has 0 saturated heterocycles. The Hall–Kier alpha value is -3.27. The molecule has 10 rings (SSSR count). The highest BCUT2D eigenvalue weighted by molar-refractivity contribution is 7.90. The molecule has 0 saturated carbocycles. The molecule has 8 bridgehead atoms. The summed E-state index contributed by atoms with van der Waals surface area (Å²) in [4.78, 5) is 0. The molecule has 4 aromatic carbocycles. The lowest BCUT2D eigenvalue weighted by Gasteiger charge is -2.51. The summed E-state index contributed by atoms with van der Waals surface area (Å²) in [5.74, 6) is -1.67. The van der Waals surface area contributed by atoms with E-state index >= 15 is 0 Å². The Kier molecular flexibility index (Phi) is 5.29. The number of fused-ring (bicyclic) bond motifs is 6. The zero-order valence-electron chi connectivity index (χ0n) is 22.9. The van der Waals surface area contributed by atoms with E-state index in [0.29, 0.717) is 33.4 Å². The Morgan fingerprint density at radius 1 is 0.500 bits per heavy atom. The Morgan fingerprint density at radius 3 is 1.12 bits per heavy atom. The Bertz CT molecular complexity index is 1950. The summed E-state index contributed by atoms with van der Waals surface area (Å²) >= 11 is 0. The molecule has 4 aromatic rings. The second kappa shape index (κ2) is 8.42. The highest BCUT2D eigenvalue weighted by atomic mass is 32.2. The minimum absolute atomic E-state index is 0.163. The summed E-state index contributed by atoms with van der Waals surface area (Å²) in [6, 6.07) is 22.2. The van der Waals surface area contributed by atoms with Crippen LogP contribution in [0.2, 0.25) is 0 Å². The predicted octanol–water partition coefficient (Wildman–Crippen LogP) is 4.82. The molecule has 3 aliphatic heterocycles. The summed E-state index contributed by atoms with van der Waals surface area (Å²) in [5, 5.41) is 0. The van der Waals surface area contributed by atoms with Gasteiger partial charge >= 0.3 is 0 Å². The Morgan fingerprint density at radius 2 is 0.810 bits per heavy atom. The van der Waals surface area contributed by atoms with Gasteiger partial charge < -0.3 is 0 Å². The second-order valence-electron chi connectivity index (χ2n) is 12.5. The van der Waals surface area contributed by atoms with Crippen LogP contribution in [0.3, 0.4) is 0 Å². The van der Waals surface area contributed by atoms with E-state index in [1.165, 1.54) is 0 Å². The molecule has 0 amide bonds. The van der Waals surface area contributed by atoms with Crippen molar-refractivity contribution in [1.29, 1.82) is 0 Å². The minimum atomic E-state index is -3.71. The third kappa shape index (κ3) is 3.82. The molecule has 42 heavy (non-hydrogen) atoms. The van der Waals surface area contributed by atoms with E-state index in [1.54, 1.807) is 18.2 Å². The van der Waals surface area contributed by atoms with Gasteiger partial charge in [0.15, 0.2) is 29.5 Å². The minimum Gasteiger partial charge on any atom is -0.228 e. The first-order valence-corrected chi connectivity index (χ1v) is 19.4. The Balaban J connectivity index is 1.58. The van der Waals surface area contributed by atoms with Gasteiger partial charge in [-0.3, -0.25) is 0 Å². The van der Waals surface area contributed by atoms with Gasteiger partial charge in [-0.1, -0.05) is 72.8 Å². The van der Waals surface area contributed by atoms with Crippen LogP contribution in [0.5, 0.6) is 0 Å². The number of benzene rings is 4. The fourth-order valence-electron chi connectivity index (χ4n) is 8.36. The maximum atomic E-state index is 13.8. The Labute approximate surface area is 246 Å². The largest absolute Gasteiger partial charge is 0.228 e. The molecule has 0 spiro atoms. The van der Waals surface area contributed by atoms with Crippen LogP contribution >= 0.6 is 0 Å². The number of rotatable bonds is 0. The number of sulfone groups is 3. The summed E-state index contributed by atoms with van der Waals surface area (Å²) in [5.41, 5.74) is 7.86. The molecule has 6 aliphatic rings. The van der Waals surface area contributed by atoms with E-state index in [4.69, 9.17) is 0 Å². The van der Waals surface area contributed by atoms with Crippen LogP contribution in [0.4, 0.5) is 0 Å². The lowest BCUT2D eigenvalue weighted by Crippen LogP contribution is -2.43. The van der Waals surface area contributed by atoms with Crippen molar-refractivity contribution in [2.24, 2.45) is 0 Å². The van der Waals surface area contributed by atoms with Gasteiger partial charge in [-0.15, -0.1) is 0 Å². The topological polar surface area (TPSA) is 102 Å². The van der Waals surface area contributed by atoms with Crippen molar-refractivity contribution in [2.75, 3.05) is 0 Å². The van der Waals surface area contributed by atoms with Crippen LogP contribution in [0.15, 0.2) is 72.8 Å². The molecule has 214 valence electrons. The molecule has 0 unspecified atom stereocenters. The summed E-state index contributed by atoms with van der Waals surface area (Å²) in [6.45, 7) is 2.03. The fraction of sp³-hybridized carbons (Fsp3) is 0.273. The maximum Gasteiger partial charge on any atom is 0.158 e. The van der Waals surface area contributed by atoms with Crippen molar-refractivity contribution >= 4 is 29.5 Å². The van der Waals surface area contributed by atoms with E-state index in [0.717, 1.165) is 33.4 Å². The van der Waals surface area contributed by atoms with Gasteiger partial charge in [0.1, 0.15) is 0 Å². The zero-order valence-corrected chi connectivity index (χ0v) is 25.4. The maximum absolute atomic E-state index is 13.8.